The van der Waals surface area contributed by atoms with Gasteiger partial charge in [-0.05, 0) is 73.2 Å². The Bertz CT molecular complexity index is 1940. The van der Waals surface area contributed by atoms with E-state index in [-0.39, 0.29) is 5.41 Å². The van der Waals surface area contributed by atoms with Crippen molar-refractivity contribution in [2.45, 2.75) is 25.7 Å². The third-order valence-corrected chi connectivity index (χ3v) is 9.32. The Hall–Kier alpha value is -4.94. The molecule has 0 bridgehead atoms. The highest BCUT2D eigenvalue weighted by Crippen LogP contribution is 2.52. The lowest BCUT2D eigenvalue weighted by atomic mass is 9.64. The van der Waals surface area contributed by atoms with Crippen LogP contribution in [0.3, 0.4) is 0 Å². The third kappa shape index (κ3) is 4.84. The monoisotopic (exact) mass is 552 g/mol. The van der Waals surface area contributed by atoms with Crippen molar-refractivity contribution in [3.8, 4) is 33.4 Å². The molecule has 1 aliphatic carbocycles. The van der Waals surface area contributed by atoms with E-state index in [9.17, 15) is 0 Å². The van der Waals surface area contributed by atoms with Gasteiger partial charge in [-0.2, -0.15) is 0 Å². The lowest BCUT2D eigenvalue weighted by Gasteiger charge is -2.39. The lowest BCUT2D eigenvalue weighted by Crippen LogP contribution is -2.31. The first kappa shape index (κ1) is 26.9. The fourth-order valence-electron chi connectivity index (χ4n) is 7.00. The van der Waals surface area contributed by atoms with E-state index in [0.717, 1.165) is 6.42 Å². The number of hydrogen-bond acceptors (Lipinski definition) is 0. The molecule has 0 fully saturated rings. The predicted octanol–water partition coefficient (Wildman–Crippen LogP) is 11.5. The van der Waals surface area contributed by atoms with Crippen molar-refractivity contribution in [1.29, 1.82) is 0 Å². The highest BCUT2D eigenvalue weighted by atomic mass is 14.4. The van der Waals surface area contributed by atoms with Crippen molar-refractivity contribution in [3.05, 3.63) is 181 Å². The molecule has 6 aromatic rings. The summed E-state index contributed by atoms with van der Waals surface area (Å²) in [4.78, 5) is 0. The van der Waals surface area contributed by atoms with Crippen LogP contribution < -0.4 is 0 Å². The SMILES string of the molecule is CC1C=CC=CC1(C)c1c(Cc2ccccc2)c(-c2ccccc2)c2ccccc2c1-c1ccccc1-c1ccccc1. The second kappa shape index (κ2) is 11.4. The minimum absolute atomic E-state index is 0.217. The molecule has 0 N–H and O–H groups in total. The highest BCUT2D eigenvalue weighted by molar-refractivity contribution is 6.10. The van der Waals surface area contributed by atoms with Crippen molar-refractivity contribution in [2.24, 2.45) is 5.92 Å². The smallest absolute Gasteiger partial charge is 0.0176 e. The molecule has 0 aromatic heterocycles. The van der Waals surface area contributed by atoms with Crippen molar-refractivity contribution in [2.75, 3.05) is 0 Å². The summed E-state index contributed by atoms with van der Waals surface area (Å²) < 4.78 is 0. The molecule has 0 aliphatic heterocycles. The molecule has 0 nitrogen and oxygen atoms in total. The number of rotatable bonds is 6. The zero-order chi connectivity index (χ0) is 29.2. The van der Waals surface area contributed by atoms with Gasteiger partial charge in [0.1, 0.15) is 0 Å². The minimum atomic E-state index is -0.217. The van der Waals surface area contributed by atoms with Crippen LogP contribution in [0.1, 0.15) is 30.5 Å². The van der Waals surface area contributed by atoms with E-state index >= 15 is 0 Å². The van der Waals surface area contributed by atoms with Crippen LogP contribution in [0.5, 0.6) is 0 Å². The average molecular weight is 553 g/mol. The number of allylic oxidation sites excluding steroid dienone is 4. The molecule has 0 heterocycles. The largest absolute Gasteiger partial charge is 0.0805 e. The number of benzene rings is 6. The van der Waals surface area contributed by atoms with Gasteiger partial charge in [-0.3, -0.25) is 0 Å². The Morgan fingerprint density at radius 3 is 1.72 bits per heavy atom. The van der Waals surface area contributed by atoms with Crippen molar-refractivity contribution < 1.29 is 0 Å². The molecule has 2 unspecified atom stereocenters. The Labute approximate surface area is 255 Å². The van der Waals surface area contributed by atoms with Crippen LogP contribution in [-0.2, 0) is 11.8 Å². The van der Waals surface area contributed by atoms with Crippen LogP contribution in [0.25, 0.3) is 44.2 Å². The van der Waals surface area contributed by atoms with Gasteiger partial charge in [-0.25, -0.2) is 0 Å². The third-order valence-electron chi connectivity index (χ3n) is 9.32. The summed E-state index contributed by atoms with van der Waals surface area (Å²) in [6.07, 6.45) is 10.1. The standard InChI is InChI=1S/C43H36/c1-31-18-16-17-29-43(31,2)42-39(30-32-19-6-3-7-20-32)40(34-23-10-5-11-24-34)37-27-14-15-28-38(37)41(42)36-26-13-12-25-35(36)33-21-8-4-9-22-33/h3-29,31H,30H2,1-2H3. The Balaban J connectivity index is 1.69. The number of fused-ring (bicyclic) bond motifs is 1. The molecule has 208 valence electrons. The second-order valence-corrected chi connectivity index (χ2v) is 11.9. The predicted molar refractivity (Wildman–Crippen MR) is 184 cm³/mol. The number of hydrogen-bond donors (Lipinski definition) is 0. The summed E-state index contributed by atoms with van der Waals surface area (Å²) >= 11 is 0. The molecule has 0 saturated heterocycles. The van der Waals surface area contributed by atoms with E-state index in [2.05, 4.69) is 178 Å². The molecule has 6 aromatic carbocycles. The molecule has 0 spiro atoms. The maximum Gasteiger partial charge on any atom is 0.0176 e. The van der Waals surface area contributed by atoms with Crippen LogP contribution in [-0.4, -0.2) is 0 Å². The van der Waals surface area contributed by atoms with Gasteiger partial charge in [-0.15, -0.1) is 0 Å². The molecule has 0 amide bonds. The molecule has 0 saturated carbocycles. The first-order valence-corrected chi connectivity index (χ1v) is 15.3. The normalized spacial score (nSPS) is 17.8. The topological polar surface area (TPSA) is 0 Å². The van der Waals surface area contributed by atoms with Gasteiger partial charge in [0, 0.05) is 5.41 Å². The Kier molecular flexibility index (Phi) is 7.13. The van der Waals surface area contributed by atoms with E-state index in [4.69, 9.17) is 0 Å². The molecule has 0 heteroatoms. The van der Waals surface area contributed by atoms with E-state index < -0.39 is 0 Å². The van der Waals surface area contributed by atoms with Gasteiger partial charge >= 0.3 is 0 Å². The van der Waals surface area contributed by atoms with Crippen molar-refractivity contribution >= 4 is 10.8 Å². The van der Waals surface area contributed by atoms with Gasteiger partial charge in [0.25, 0.3) is 0 Å². The van der Waals surface area contributed by atoms with Gasteiger partial charge < -0.3 is 0 Å². The zero-order valence-electron chi connectivity index (χ0n) is 24.9. The lowest BCUT2D eigenvalue weighted by molar-refractivity contribution is 0.456. The summed E-state index contributed by atoms with van der Waals surface area (Å²) in [5.74, 6) is 0.319. The molecular formula is C43H36. The summed E-state index contributed by atoms with van der Waals surface area (Å²) in [6, 6.07) is 50.9. The quantitative estimate of drug-likeness (QED) is 0.193. The molecule has 43 heavy (non-hydrogen) atoms. The maximum absolute atomic E-state index is 2.44. The van der Waals surface area contributed by atoms with Gasteiger partial charge in [0.05, 0.1) is 0 Å². The average Bonchev–Trinajstić information content (AvgIpc) is 3.07. The van der Waals surface area contributed by atoms with Crippen LogP contribution in [0.4, 0.5) is 0 Å². The maximum atomic E-state index is 2.44. The van der Waals surface area contributed by atoms with Crippen molar-refractivity contribution in [3.63, 3.8) is 0 Å². The summed E-state index contributed by atoms with van der Waals surface area (Å²) in [5.41, 5.74) is 11.7. The highest BCUT2D eigenvalue weighted by Gasteiger charge is 2.37. The van der Waals surface area contributed by atoms with Crippen molar-refractivity contribution in [1.82, 2.24) is 0 Å². The second-order valence-electron chi connectivity index (χ2n) is 11.9. The molecule has 2 atom stereocenters. The summed E-state index contributed by atoms with van der Waals surface area (Å²) in [6.45, 7) is 4.82. The zero-order valence-corrected chi connectivity index (χ0v) is 24.9. The van der Waals surface area contributed by atoms with Crippen LogP contribution in [0.2, 0.25) is 0 Å². The summed E-state index contributed by atoms with van der Waals surface area (Å²) in [5, 5.41) is 2.60. The molecular weight excluding hydrogens is 516 g/mol. The molecule has 1 aliphatic rings. The Morgan fingerprint density at radius 1 is 0.535 bits per heavy atom. The van der Waals surface area contributed by atoms with E-state index in [1.165, 1.54) is 60.8 Å². The molecule has 0 radical (unpaired) electrons. The van der Waals surface area contributed by atoms with Crippen LogP contribution in [0, 0.1) is 5.92 Å². The Morgan fingerprint density at radius 2 is 1.07 bits per heavy atom. The van der Waals surface area contributed by atoms with Gasteiger partial charge in [0.15, 0.2) is 0 Å². The van der Waals surface area contributed by atoms with E-state index in [0.29, 0.717) is 5.92 Å². The fraction of sp³-hybridized carbons (Fsp3) is 0.116. The summed E-state index contributed by atoms with van der Waals surface area (Å²) in [7, 11) is 0. The minimum Gasteiger partial charge on any atom is -0.0805 e. The van der Waals surface area contributed by atoms with Crippen LogP contribution in [0.15, 0.2) is 164 Å². The fourth-order valence-corrected chi connectivity index (χ4v) is 7.00. The first-order valence-electron chi connectivity index (χ1n) is 15.3. The van der Waals surface area contributed by atoms with E-state index in [1.54, 1.807) is 0 Å². The van der Waals surface area contributed by atoms with Gasteiger partial charge in [-0.1, -0.05) is 178 Å². The van der Waals surface area contributed by atoms with E-state index in [1.807, 2.05) is 0 Å². The molecule has 7 rings (SSSR count). The van der Waals surface area contributed by atoms with Crippen LogP contribution >= 0.6 is 0 Å². The first-order chi connectivity index (χ1) is 21.1. The van der Waals surface area contributed by atoms with Gasteiger partial charge in [0.2, 0.25) is 0 Å².